The van der Waals surface area contributed by atoms with Gasteiger partial charge < -0.3 is 49.4 Å². The zero-order chi connectivity index (χ0) is 59.1. The minimum Gasteiger partial charge on any atom is -0.493 e. The zero-order valence-corrected chi connectivity index (χ0v) is 46.1. The van der Waals surface area contributed by atoms with Crippen molar-refractivity contribution in [1.82, 2.24) is 25.3 Å². The molecule has 0 aromatic heterocycles. The summed E-state index contributed by atoms with van der Waals surface area (Å²) in [4.78, 5) is 104. The smallest absolute Gasteiger partial charge is 0.493 e. The number of nitrogens with one attached hydrogen (secondary N) is 3. The largest absolute Gasteiger partial charge is 0.573 e. The molecule has 4 aromatic rings. The van der Waals surface area contributed by atoms with Crippen LogP contribution in [0, 0.1) is 5.92 Å². The van der Waals surface area contributed by atoms with E-state index in [-0.39, 0.29) is 79.0 Å². The topological polar surface area (TPSA) is 236 Å². The van der Waals surface area contributed by atoms with Crippen molar-refractivity contribution in [2.45, 2.75) is 96.2 Å². The highest BCUT2D eigenvalue weighted by Crippen LogP contribution is 2.42. The number of nitrogens with zero attached hydrogens (tertiary/aromatic N) is 5. The highest BCUT2D eigenvalue weighted by Gasteiger charge is 2.37. The van der Waals surface area contributed by atoms with Crippen LogP contribution in [-0.4, -0.2) is 133 Å². The summed E-state index contributed by atoms with van der Waals surface area (Å²) in [5.74, 6) is -1.87. The Morgan fingerprint density at radius 1 is 0.651 bits per heavy atom. The van der Waals surface area contributed by atoms with Gasteiger partial charge in [-0.1, -0.05) is 44.5 Å². The summed E-state index contributed by atoms with van der Waals surface area (Å²) >= 11 is 0. The molecule has 5 heterocycles. The number of imide groups is 1. The van der Waals surface area contributed by atoms with E-state index >= 15 is 0 Å². The molecule has 0 unspecified atom stereocenters. The third-order valence-corrected chi connectivity index (χ3v) is 14.4. The number of hydrogen-bond acceptors (Lipinski definition) is 14. The van der Waals surface area contributed by atoms with Gasteiger partial charge in [-0.25, -0.2) is 0 Å². The predicted octanol–water partition coefficient (Wildman–Crippen LogP) is 8.46. The molecule has 0 fully saturated rings. The van der Waals surface area contributed by atoms with E-state index in [0.717, 1.165) is 21.6 Å². The van der Waals surface area contributed by atoms with Crippen LogP contribution in [0.15, 0.2) is 107 Å². The lowest BCUT2D eigenvalue weighted by atomic mass is 10.0. The molecular formula is C60H61F3N8O12. The van der Waals surface area contributed by atoms with Gasteiger partial charge in [0.15, 0.2) is 23.0 Å². The molecule has 83 heavy (non-hydrogen) atoms. The van der Waals surface area contributed by atoms with Crippen LogP contribution in [0.5, 0.6) is 28.7 Å². The fraction of sp³-hybridized carbons (Fsp3) is 0.350. The first-order chi connectivity index (χ1) is 39.8. The highest BCUT2D eigenvalue weighted by atomic mass is 19.4. The lowest BCUT2D eigenvalue weighted by Crippen LogP contribution is -2.53. The van der Waals surface area contributed by atoms with Crippen LogP contribution < -0.4 is 39.6 Å². The summed E-state index contributed by atoms with van der Waals surface area (Å²) in [6, 6.07) is 16.4. The third-order valence-electron chi connectivity index (χ3n) is 14.4. The second kappa shape index (κ2) is 25.2. The van der Waals surface area contributed by atoms with Crippen LogP contribution in [0.1, 0.15) is 97.6 Å². The SMILES string of the molecule is COc1cc2c(cc1OCCCOc1cc3c(cc1OC)C(=O)N1C=C(c4ccc(OC(F)(F)F)cc4)C[C@H]1C=N3)N=C[C@@H]1CC(c3ccc(NC(=O)[C@H](C)NC(=O)[C@@H](NC(=O)CCCCCN4C(=O)C=CC4=O)C(C)C)cc3)=CN1C2=O. The Kier molecular flexibility index (Phi) is 17.8. The molecule has 5 aliphatic heterocycles. The Labute approximate surface area is 476 Å². The molecule has 0 saturated heterocycles. The number of amides is 7. The number of halogens is 3. The Balaban J connectivity index is 0.738. The first-order valence-corrected chi connectivity index (χ1v) is 27.0. The number of anilines is 1. The molecule has 7 amide bonds. The van der Waals surface area contributed by atoms with Gasteiger partial charge in [0, 0.05) is 87.0 Å². The monoisotopic (exact) mass is 1140 g/mol. The van der Waals surface area contributed by atoms with Crippen LogP contribution >= 0.6 is 0 Å². The second-order valence-electron chi connectivity index (χ2n) is 20.6. The number of rotatable bonds is 23. The maximum absolute atomic E-state index is 14.1. The van der Waals surface area contributed by atoms with E-state index in [1.807, 2.05) is 12.1 Å². The molecule has 0 spiro atoms. The van der Waals surface area contributed by atoms with Crippen molar-refractivity contribution in [3.05, 3.63) is 120 Å². The summed E-state index contributed by atoms with van der Waals surface area (Å²) in [7, 11) is 2.93. The van der Waals surface area contributed by atoms with Gasteiger partial charge in [0.1, 0.15) is 17.8 Å². The quantitative estimate of drug-likeness (QED) is 0.0469. The molecule has 0 saturated carbocycles. The Morgan fingerprint density at radius 2 is 1.17 bits per heavy atom. The van der Waals surface area contributed by atoms with E-state index in [2.05, 4.69) is 25.7 Å². The van der Waals surface area contributed by atoms with E-state index < -0.39 is 36.3 Å². The van der Waals surface area contributed by atoms with Crippen molar-refractivity contribution >= 4 is 82.0 Å². The van der Waals surface area contributed by atoms with Gasteiger partial charge in [-0.3, -0.25) is 48.4 Å². The molecule has 3 N–H and O–H groups in total. The maximum Gasteiger partial charge on any atom is 0.573 e. The van der Waals surface area contributed by atoms with E-state index in [1.165, 1.54) is 55.5 Å². The van der Waals surface area contributed by atoms with Crippen LogP contribution in [0.2, 0.25) is 0 Å². The first-order valence-electron chi connectivity index (χ1n) is 27.0. The molecule has 0 aliphatic carbocycles. The molecule has 0 bridgehead atoms. The average molecular weight is 1140 g/mol. The molecule has 0 radical (unpaired) electrons. The Morgan fingerprint density at radius 3 is 1.66 bits per heavy atom. The van der Waals surface area contributed by atoms with E-state index in [9.17, 15) is 46.7 Å². The van der Waals surface area contributed by atoms with Crippen molar-refractivity contribution in [3.63, 3.8) is 0 Å². The summed E-state index contributed by atoms with van der Waals surface area (Å²) in [5.41, 5.74) is 4.93. The lowest BCUT2D eigenvalue weighted by Gasteiger charge is -2.24. The molecule has 23 heteroatoms. The van der Waals surface area contributed by atoms with Crippen molar-refractivity contribution in [2.75, 3.05) is 39.3 Å². The fourth-order valence-corrected chi connectivity index (χ4v) is 9.99. The number of aliphatic imine (C=N–C) groups is 2. The highest BCUT2D eigenvalue weighted by molar-refractivity contribution is 6.13. The number of hydrogen-bond donors (Lipinski definition) is 3. The second-order valence-corrected chi connectivity index (χ2v) is 20.6. The van der Waals surface area contributed by atoms with Gasteiger partial charge in [-0.2, -0.15) is 0 Å². The number of fused-ring (bicyclic) bond motifs is 4. The van der Waals surface area contributed by atoms with Crippen molar-refractivity contribution in [3.8, 4) is 28.7 Å². The van der Waals surface area contributed by atoms with Gasteiger partial charge in [0.25, 0.3) is 23.6 Å². The van der Waals surface area contributed by atoms with E-state index in [1.54, 1.807) is 86.9 Å². The molecule has 5 aliphatic rings. The van der Waals surface area contributed by atoms with Crippen molar-refractivity contribution < 1.29 is 70.4 Å². The Hall–Kier alpha value is -9.28. The van der Waals surface area contributed by atoms with Crippen LogP contribution in [0.3, 0.4) is 0 Å². The molecule has 9 rings (SSSR count). The van der Waals surface area contributed by atoms with Gasteiger partial charge in [0.2, 0.25) is 17.7 Å². The standard InChI is InChI=1S/C60H61F3N8O12/c1-34(2)55(68-52(72)10-7-6-8-21-69-53(73)19-20-54(69)74)57(76)66-35(3)56(75)67-40-15-11-36(12-16-40)38-24-41-30-64-46-28-50(48(79-4)26-44(46)58(77)70(41)32-38)81-22-9-23-82-51-29-47-45(27-49(51)80-5)59(78)71-33-39(25-42(71)31-65-47)37-13-17-43(18-14-37)83-60(61,62)63/h11-20,26-35,41-42,55H,6-10,21-25H2,1-5H3,(H,66,76)(H,67,75)(H,68,72)/t35-,41-,42-,55-/m0/s1. The van der Waals surface area contributed by atoms with Gasteiger partial charge in [0.05, 0.1) is 62.0 Å². The van der Waals surface area contributed by atoms with E-state index in [4.69, 9.17) is 23.9 Å². The van der Waals surface area contributed by atoms with Crippen LogP contribution in [-0.2, 0) is 24.0 Å². The molecule has 4 atom stereocenters. The molecule has 20 nitrogen and oxygen atoms in total. The predicted molar refractivity (Wildman–Crippen MR) is 300 cm³/mol. The van der Waals surface area contributed by atoms with Crippen LogP contribution in [0.4, 0.5) is 30.2 Å². The fourth-order valence-electron chi connectivity index (χ4n) is 9.99. The maximum atomic E-state index is 14.1. The minimum atomic E-state index is -4.81. The number of carbonyl (C=O) groups excluding carboxylic acids is 7. The zero-order valence-electron chi connectivity index (χ0n) is 46.1. The minimum absolute atomic E-state index is 0.151. The number of unbranched alkanes of at least 4 members (excludes halogenated alkanes) is 2. The molecule has 4 aromatic carbocycles. The Bertz CT molecular complexity index is 3340. The number of benzene rings is 4. The van der Waals surface area contributed by atoms with Crippen molar-refractivity contribution in [2.24, 2.45) is 15.9 Å². The summed E-state index contributed by atoms with van der Waals surface area (Å²) in [5, 5.41) is 8.30. The van der Waals surface area contributed by atoms with Crippen LogP contribution in [0.25, 0.3) is 11.1 Å². The van der Waals surface area contributed by atoms with Crippen molar-refractivity contribution in [1.29, 1.82) is 0 Å². The normalized spacial score (nSPS) is 17.6. The lowest BCUT2D eigenvalue weighted by molar-refractivity contribution is -0.274. The summed E-state index contributed by atoms with van der Waals surface area (Å²) in [6.07, 6.45) is 7.56. The molecule has 434 valence electrons. The average Bonchev–Trinajstić information content (AvgIpc) is 2.88. The number of carbonyl (C=O) groups is 7. The number of ether oxygens (including phenoxy) is 5. The third kappa shape index (κ3) is 13.7. The van der Waals surface area contributed by atoms with Gasteiger partial charge >= 0.3 is 6.36 Å². The number of alkyl halides is 3. The van der Waals surface area contributed by atoms with E-state index in [0.29, 0.717) is 89.7 Å². The number of methoxy groups -OCH3 is 2. The first kappa shape index (κ1) is 58.4. The van der Waals surface area contributed by atoms with Gasteiger partial charge in [-0.15, -0.1) is 13.2 Å². The van der Waals surface area contributed by atoms with Gasteiger partial charge in [-0.05, 0) is 84.4 Å². The molecular weight excluding hydrogens is 1080 g/mol. The summed E-state index contributed by atoms with van der Waals surface area (Å²) in [6.45, 7) is 5.78. The summed E-state index contributed by atoms with van der Waals surface area (Å²) < 4.78 is 65.6.